The van der Waals surface area contributed by atoms with Gasteiger partial charge in [0, 0.05) is 29.4 Å². The Hall–Kier alpha value is -2.37. The van der Waals surface area contributed by atoms with Gasteiger partial charge in [0.05, 0.1) is 6.54 Å². The molecule has 2 amide bonds. The molecule has 0 unspecified atom stereocenters. The van der Waals surface area contributed by atoms with Crippen LogP contribution in [0.25, 0.3) is 0 Å². The number of halogens is 1. The van der Waals surface area contributed by atoms with Gasteiger partial charge in [0.1, 0.15) is 0 Å². The zero-order chi connectivity index (χ0) is 17.4. The largest absolute Gasteiger partial charge is 0.326 e. The minimum absolute atomic E-state index is 0.0696. The van der Waals surface area contributed by atoms with Gasteiger partial charge in [-0.1, -0.05) is 42.8 Å². The van der Waals surface area contributed by atoms with Crippen LogP contribution in [0.5, 0.6) is 0 Å². The summed E-state index contributed by atoms with van der Waals surface area (Å²) >= 11 is 6.07. The Labute approximate surface area is 146 Å². The van der Waals surface area contributed by atoms with Crippen LogP contribution in [-0.4, -0.2) is 18.4 Å². The Morgan fingerprint density at radius 3 is 2.29 bits per heavy atom. The molecular formula is C18H20ClN3O2. The summed E-state index contributed by atoms with van der Waals surface area (Å²) < 4.78 is 0. The Bertz CT molecular complexity index is 719. The first-order valence-corrected chi connectivity index (χ1v) is 8.10. The third-order valence-corrected chi connectivity index (χ3v) is 3.68. The summed E-state index contributed by atoms with van der Waals surface area (Å²) in [5, 5.41) is 9.27. The summed E-state index contributed by atoms with van der Waals surface area (Å²) in [6.07, 6.45) is 0.405. The average molecular weight is 346 g/mol. The topological polar surface area (TPSA) is 70.2 Å². The van der Waals surface area contributed by atoms with E-state index in [0.717, 1.165) is 5.56 Å². The van der Waals surface area contributed by atoms with E-state index in [1.807, 2.05) is 24.3 Å². The van der Waals surface area contributed by atoms with E-state index in [9.17, 15) is 9.59 Å². The van der Waals surface area contributed by atoms with Crippen LogP contribution in [0, 0.1) is 0 Å². The molecule has 5 nitrogen and oxygen atoms in total. The predicted molar refractivity (Wildman–Crippen MR) is 97.2 cm³/mol. The first-order valence-electron chi connectivity index (χ1n) is 7.72. The maximum atomic E-state index is 12.0. The quantitative estimate of drug-likeness (QED) is 0.720. The number of amides is 2. The molecule has 3 N–H and O–H groups in total. The Balaban J connectivity index is 1.83. The molecule has 126 valence electrons. The van der Waals surface area contributed by atoms with Crippen LogP contribution in [0.15, 0.2) is 48.5 Å². The van der Waals surface area contributed by atoms with E-state index in [-0.39, 0.29) is 18.4 Å². The molecule has 0 bridgehead atoms. The maximum absolute atomic E-state index is 12.0. The van der Waals surface area contributed by atoms with Gasteiger partial charge in [-0.3, -0.25) is 9.59 Å². The van der Waals surface area contributed by atoms with Gasteiger partial charge in [0.15, 0.2) is 0 Å². The Morgan fingerprint density at radius 2 is 1.62 bits per heavy atom. The van der Waals surface area contributed by atoms with Gasteiger partial charge in [-0.05, 0) is 29.8 Å². The van der Waals surface area contributed by atoms with E-state index in [0.29, 0.717) is 29.4 Å². The van der Waals surface area contributed by atoms with Gasteiger partial charge in [-0.15, -0.1) is 0 Å². The summed E-state index contributed by atoms with van der Waals surface area (Å²) in [7, 11) is 0. The van der Waals surface area contributed by atoms with E-state index < -0.39 is 0 Å². The fourth-order valence-electron chi connectivity index (χ4n) is 2.08. The molecule has 0 fully saturated rings. The minimum atomic E-state index is -0.166. The zero-order valence-corrected chi connectivity index (χ0v) is 14.2. The van der Waals surface area contributed by atoms with Crippen molar-refractivity contribution >= 4 is 34.8 Å². The van der Waals surface area contributed by atoms with E-state index in [4.69, 9.17) is 11.6 Å². The number of nitrogens with one attached hydrogen (secondary N) is 3. The maximum Gasteiger partial charge on any atom is 0.238 e. The third kappa shape index (κ3) is 5.68. The molecule has 0 saturated heterocycles. The molecule has 6 heteroatoms. The Kier molecular flexibility index (Phi) is 6.78. The standard InChI is InChI=1S/C18H20ClN3O2/c1-2-17(23)21-14-7-5-8-15(10-14)22-18(24)12-20-11-13-6-3-4-9-16(13)19/h3-10,20H,2,11-12H2,1H3,(H,21,23)(H,22,24). The minimum Gasteiger partial charge on any atom is -0.326 e. The number of anilines is 2. The fourth-order valence-corrected chi connectivity index (χ4v) is 2.28. The molecule has 0 aliphatic heterocycles. The number of benzene rings is 2. The normalized spacial score (nSPS) is 10.2. The molecule has 0 heterocycles. The lowest BCUT2D eigenvalue weighted by atomic mass is 10.2. The highest BCUT2D eigenvalue weighted by Gasteiger charge is 2.05. The van der Waals surface area contributed by atoms with Crippen molar-refractivity contribution in [3.05, 3.63) is 59.1 Å². The lowest BCUT2D eigenvalue weighted by Crippen LogP contribution is -2.27. The summed E-state index contributed by atoms with van der Waals surface area (Å²) in [5.41, 5.74) is 2.23. The molecule has 0 atom stereocenters. The van der Waals surface area contributed by atoms with Crippen molar-refractivity contribution in [2.45, 2.75) is 19.9 Å². The van der Waals surface area contributed by atoms with E-state index in [1.54, 1.807) is 31.2 Å². The Morgan fingerprint density at radius 1 is 0.958 bits per heavy atom. The molecule has 2 rings (SSSR count). The van der Waals surface area contributed by atoms with Crippen LogP contribution in [0.2, 0.25) is 5.02 Å². The molecule has 0 saturated carbocycles. The first kappa shape index (κ1) is 18.0. The molecule has 24 heavy (non-hydrogen) atoms. The fraction of sp³-hybridized carbons (Fsp3) is 0.222. The van der Waals surface area contributed by atoms with Crippen molar-refractivity contribution < 1.29 is 9.59 Å². The summed E-state index contributed by atoms with van der Waals surface area (Å²) in [6.45, 7) is 2.46. The summed E-state index contributed by atoms with van der Waals surface area (Å²) in [6, 6.07) is 14.5. The molecule has 0 aromatic heterocycles. The second-order valence-electron chi connectivity index (χ2n) is 5.23. The molecule has 0 radical (unpaired) electrons. The van der Waals surface area contributed by atoms with E-state index >= 15 is 0 Å². The lowest BCUT2D eigenvalue weighted by molar-refractivity contribution is -0.116. The van der Waals surface area contributed by atoms with Crippen molar-refractivity contribution in [2.24, 2.45) is 0 Å². The third-order valence-electron chi connectivity index (χ3n) is 3.31. The summed E-state index contributed by atoms with van der Waals surface area (Å²) in [4.78, 5) is 23.4. The molecule has 0 aliphatic rings. The molecule has 2 aromatic carbocycles. The number of hydrogen-bond donors (Lipinski definition) is 3. The van der Waals surface area contributed by atoms with Crippen LogP contribution >= 0.6 is 11.6 Å². The number of carbonyl (C=O) groups excluding carboxylic acids is 2. The lowest BCUT2D eigenvalue weighted by Gasteiger charge is -2.09. The summed E-state index contributed by atoms with van der Waals surface area (Å²) in [5.74, 6) is -0.235. The van der Waals surface area contributed by atoms with Crippen molar-refractivity contribution in [3.63, 3.8) is 0 Å². The van der Waals surface area contributed by atoms with E-state index in [2.05, 4.69) is 16.0 Å². The number of carbonyl (C=O) groups is 2. The zero-order valence-electron chi connectivity index (χ0n) is 13.4. The van der Waals surface area contributed by atoms with Gasteiger partial charge in [0.2, 0.25) is 11.8 Å². The van der Waals surface area contributed by atoms with Crippen molar-refractivity contribution in [2.75, 3.05) is 17.2 Å². The highest BCUT2D eigenvalue weighted by Crippen LogP contribution is 2.16. The predicted octanol–water partition coefficient (Wildman–Crippen LogP) is 3.42. The smallest absolute Gasteiger partial charge is 0.238 e. The van der Waals surface area contributed by atoms with Crippen LogP contribution in [0.4, 0.5) is 11.4 Å². The number of hydrogen-bond acceptors (Lipinski definition) is 3. The monoisotopic (exact) mass is 345 g/mol. The van der Waals surface area contributed by atoms with Gasteiger partial charge in [0.25, 0.3) is 0 Å². The van der Waals surface area contributed by atoms with Crippen LogP contribution < -0.4 is 16.0 Å². The van der Waals surface area contributed by atoms with Gasteiger partial charge >= 0.3 is 0 Å². The van der Waals surface area contributed by atoms with Crippen LogP contribution in [-0.2, 0) is 16.1 Å². The molecule has 0 spiro atoms. The van der Waals surface area contributed by atoms with Gasteiger partial charge in [-0.2, -0.15) is 0 Å². The van der Waals surface area contributed by atoms with Crippen LogP contribution in [0.3, 0.4) is 0 Å². The number of rotatable bonds is 7. The SMILES string of the molecule is CCC(=O)Nc1cccc(NC(=O)CNCc2ccccc2Cl)c1. The van der Waals surface area contributed by atoms with Gasteiger partial charge in [-0.25, -0.2) is 0 Å². The highest BCUT2D eigenvalue weighted by molar-refractivity contribution is 6.31. The van der Waals surface area contributed by atoms with Crippen molar-refractivity contribution in [3.8, 4) is 0 Å². The van der Waals surface area contributed by atoms with Crippen LogP contribution in [0.1, 0.15) is 18.9 Å². The molecular weight excluding hydrogens is 326 g/mol. The van der Waals surface area contributed by atoms with Gasteiger partial charge < -0.3 is 16.0 Å². The molecule has 0 aliphatic carbocycles. The average Bonchev–Trinajstić information content (AvgIpc) is 2.57. The highest BCUT2D eigenvalue weighted by atomic mass is 35.5. The van der Waals surface area contributed by atoms with Crippen molar-refractivity contribution in [1.29, 1.82) is 0 Å². The molecule has 2 aromatic rings. The second-order valence-corrected chi connectivity index (χ2v) is 5.63. The van der Waals surface area contributed by atoms with E-state index in [1.165, 1.54) is 0 Å². The van der Waals surface area contributed by atoms with Crippen molar-refractivity contribution in [1.82, 2.24) is 5.32 Å². The first-order chi connectivity index (χ1) is 11.6. The second kappa shape index (κ2) is 9.05.